The van der Waals surface area contributed by atoms with E-state index in [-0.39, 0.29) is 23.8 Å². The van der Waals surface area contributed by atoms with Crippen molar-refractivity contribution in [1.29, 1.82) is 0 Å². The minimum absolute atomic E-state index is 0.00819. The van der Waals surface area contributed by atoms with Crippen LogP contribution in [0.5, 0.6) is 0 Å². The van der Waals surface area contributed by atoms with Gasteiger partial charge in [0.2, 0.25) is 0 Å². The molecule has 1 aromatic carbocycles. The Kier molecular flexibility index (Phi) is 5.97. The molecule has 1 aliphatic heterocycles. The summed E-state index contributed by atoms with van der Waals surface area (Å²) in [5.41, 5.74) is 0.795. The van der Waals surface area contributed by atoms with Crippen LogP contribution in [0, 0.1) is 5.92 Å². The molecule has 1 saturated heterocycles. The van der Waals surface area contributed by atoms with Crippen LogP contribution in [0.3, 0.4) is 0 Å². The van der Waals surface area contributed by atoms with Crippen molar-refractivity contribution >= 4 is 33.5 Å². The van der Waals surface area contributed by atoms with Gasteiger partial charge < -0.3 is 15.0 Å². The Morgan fingerprint density at radius 1 is 1.27 bits per heavy atom. The molecule has 0 saturated carbocycles. The van der Waals surface area contributed by atoms with Crippen LogP contribution in [0.25, 0.3) is 0 Å². The Morgan fingerprint density at radius 3 is 2.41 bits per heavy atom. The fraction of sp³-hybridized carbons (Fsp3) is 0.500. The summed E-state index contributed by atoms with van der Waals surface area (Å²) >= 11 is 3.37. The first kappa shape index (κ1) is 17.0. The van der Waals surface area contributed by atoms with Gasteiger partial charge in [-0.25, -0.2) is 0 Å². The van der Waals surface area contributed by atoms with E-state index in [1.54, 1.807) is 0 Å². The van der Waals surface area contributed by atoms with Crippen LogP contribution < -0.4 is 10.2 Å². The Hall–Kier alpha value is -1.40. The Morgan fingerprint density at radius 2 is 1.86 bits per heavy atom. The molecule has 2 rings (SSSR count). The number of methoxy groups -OCH3 is 1. The van der Waals surface area contributed by atoms with Gasteiger partial charge in [-0.2, -0.15) is 0 Å². The van der Waals surface area contributed by atoms with E-state index in [1.807, 2.05) is 31.2 Å². The van der Waals surface area contributed by atoms with E-state index < -0.39 is 0 Å². The molecule has 0 aromatic heterocycles. The molecule has 0 bridgehead atoms. The molecule has 1 fully saturated rings. The van der Waals surface area contributed by atoms with Gasteiger partial charge in [0.05, 0.1) is 26.1 Å². The highest BCUT2D eigenvalue weighted by Crippen LogP contribution is 2.14. The van der Waals surface area contributed by atoms with Gasteiger partial charge in [0.1, 0.15) is 0 Å². The Bertz CT molecular complexity index is 525. The number of likely N-dealkylation sites (tertiary alicyclic amines) is 1. The van der Waals surface area contributed by atoms with Crippen molar-refractivity contribution in [3.63, 3.8) is 0 Å². The number of benzene rings is 1. The van der Waals surface area contributed by atoms with Crippen molar-refractivity contribution in [2.45, 2.75) is 25.8 Å². The van der Waals surface area contributed by atoms with Crippen molar-refractivity contribution in [2.24, 2.45) is 5.92 Å². The number of halogens is 1. The molecule has 22 heavy (non-hydrogen) atoms. The topological polar surface area (TPSA) is 59.8 Å². The number of piperidine rings is 1. The molecular formula is C16H22BrN2O3+. The van der Waals surface area contributed by atoms with Crippen molar-refractivity contribution < 1.29 is 19.2 Å². The van der Waals surface area contributed by atoms with Gasteiger partial charge in [0.15, 0.2) is 6.04 Å². The van der Waals surface area contributed by atoms with Crippen LogP contribution in [0.4, 0.5) is 5.69 Å². The molecule has 0 aliphatic carbocycles. The van der Waals surface area contributed by atoms with Crippen molar-refractivity contribution in [2.75, 3.05) is 25.5 Å². The largest absolute Gasteiger partial charge is 0.469 e. The first-order chi connectivity index (χ1) is 10.5. The molecule has 1 aromatic rings. The zero-order valence-corrected chi connectivity index (χ0v) is 14.5. The number of quaternary nitrogens is 1. The second kappa shape index (κ2) is 7.74. The standard InChI is InChI=1S/C16H21BrN2O3/c1-11(15(20)18-14-5-3-13(17)4-6-14)19-9-7-12(8-10-19)16(21)22-2/h3-6,11-12H,7-10H2,1-2H3,(H,18,20)/p+1/t11-/m0/s1. The van der Waals surface area contributed by atoms with Crippen LogP contribution in [-0.2, 0) is 14.3 Å². The lowest BCUT2D eigenvalue weighted by Crippen LogP contribution is -3.17. The molecule has 1 heterocycles. The van der Waals surface area contributed by atoms with E-state index in [4.69, 9.17) is 4.74 Å². The van der Waals surface area contributed by atoms with E-state index in [9.17, 15) is 9.59 Å². The summed E-state index contributed by atoms with van der Waals surface area (Å²) < 4.78 is 5.77. The second-order valence-electron chi connectivity index (χ2n) is 5.67. The lowest BCUT2D eigenvalue weighted by Gasteiger charge is -2.31. The summed E-state index contributed by atoms with van der Waals surface area (Å²) in [4.78, 5) is 25.1. The van der Waals surface area contributed by atoms with E-state index in [1.165, 1.54) is 12.0 Å². The molecule has 0 radical (unpaired) electrons. The molecule has 120 valence electrons. The zero-order chi connectivity index (χ0) is 16.1. The number of hydrogen-bond donors (Lipinski definition) is 2. The fourth-order valence-corrected chi connectivity index (χ4v) is 3.06. The lowest BCUT2D eigenvalue weighted by molar-refractivity contribution is -0.919. The number of nitrogens with one attached hydrogen (secondary N) is 2. The van der Waals surface area contributed by atoms with Gasteiger partial charge in [-0.15, -0.1) is 0 Å². The van der Waals surface area contributed by atoms with E-state index in [2.05, 4.69) is 21.2 Å². The predicted molar refractivity (Wildman–Crippen MR) is 87.7 cm³/mol. The van der Waals surface area contributed by atoms with Gasteiger partial charge >= 0.3 is 5.97 Å². The minimum Gasteiger partial charge on any atom is -0.469 e. The monoisotopic (exact) mass is 369 g/mol. The van der Waals surface area contributed by atoms with Gasteiger partial charge in [-0.05, 0) is 31.2 Å². The summed E-state index contributed by atoms with van der Waals surface area (Å²) in [6, 6.07) is 7.40. The number of amides is 1. The third-order valence-electron chi connectivity index (χ3n) is 4.28. The maximum atomic E-state index is 12.3. The maximum Gasteiger partial charge on any atom is 0.309 e. The Labute approximate surface area is 139 Å². The second-order valence-corrected chi connectivity index (χ2v) is 6.59. The number of carbonyl (C=O) groups excluding carboxylic acids is 2. The minimum atomic E-state index is -0.137. The summed E-state index contributed by atoms with van der Waals surface area (Å²) in [5, 5.41) is 2.94. The van der Waals surface area contributed by atoms with Crippen molar-refractivity contribution in [1.82, 2.24) is 0 Å². The molecule has 1 atom stereocenters. The average molecular weight is 370 g/mol. The zero-order valence-electron chi connectivity index (χ0n) is 12.9. The van der Waals surface area contributed by atoms with Crippen LogP contribution in [0.2, 0.25) is 0 Å². The van der Waals surface area contributed by atoms with Crippen LogP contribution in [0.15, 0.2) is 28.7 Å². The number of rotatable bonds is 4. The Balaban J connectivity index is 1.86. The normalized spacial score (nSPS) is 22.7. The summed E-state index contributed by atoms with van der Waals surface area (Å²) in [7, 11) is 1.43. The first-order valence-electron chi connectivity index (χ1n) is 7.50. The van der Waals surface area contributed by atoms with Gasteiger partial charge in [0, 0.05) is 23.0 Å². The van der Waals surface area contributed by atoms with Gasteiger partial charge in [-0.1, -0.05) is 15.9 Å². The average Bonchev–Trinajstić information content (AvgIpc) is 2.55. The molecule has 1 aliphatic rings. The van der Waals surface area contributed by atoms with Crippen molar-refractivity contribution in [3.8, 4) is 0 Å². The highest BCUT2D eigenvalue weighted by atomic mass is 79.9. The fourth-order valence-electron chi connectivity index (χ4n) is 2.79. The highest BCUT2D eigenvalue weighted by Gasteiger charge is 2.33. The third kappa shape index (κ3) is 4.30. The van der Waals surface area contributed by atoms with Crippen LogP contribution in [0.1, 0.15) is 19.8 Å². The van der Waals surface area contributed by atoms with Gasteiger partial charge in [0.25, 0.3) is 5.91 Å². The first-order valence-corrected chi connectivity index (χ1v) is 8.29. The number of carbonyl (C=O) groups is 2. The number of esters is 1. The summed E-state index contributed by atoms with van der Waals surface area (Å²) in [6.45, 7) is 3.56. The number of anilines is 1. The van der Waals surface area contributed by atoms with E-state index >= 15 is 0 Å². The number of hydrogen-bond acceptors (Lipinski definition) is 3. The lowest BCUT2D eigenvalue weighted by atomic mass is 9.96. The molecule has 0 spiro atoms. The number of ether oxygens (including phenoxy) is 1. The van der Waals surface area contributed by atoms with Crippen molar-refractivity contribution in [3.05, 3.63) is 28.7 Å². The molecule has 0 unspecified atom stereocenters. The molecule has 1 amide bonds. The quantitative estimate of drug-likeness (QED) is 0.785. The molecule has 6 heteroatoms. The SMILES string of the molecule is COC(=O)C1CC[NH+]([C@@H](C)C(=O)Nc2ccc(Br)cc2)CC1. The smallest absolute Gasteiger partial charge is 0.309 e. The molecule has 5 nitrogen and oxygen atoms in total. The van der Waals surface area contributed by atoms with Crippen LogP contribution in [-0.4, -0.2) is 38.1 Å². The van der Waals surface area contributed by atoms with E-state index in [0.717, 1.165) is 36.1 Å². The molecular weight excluding hydrogens is 348 g/mol. The maximum absolute atomic E-state index is 12.3. The predicted octanol–water partition coefficient (Wildman–Crippen LogP) is 1.24. The molecule has 2 N–H and O–H groups in total. The summed E-state index contributed by atoms with van der Waals surface area (Å²) in [5.74, 6) is -0.143. The van der Waals surface area contributed by atoms with Gasteiger partial charge in [-0.3, -0.25) is 9.59 Å². The van der Waals surface area contributed by atoms with Crippen LogP contribution >= 0.6 is 15.9 Å². The summed E-state index contributed by atoms with van der Waals surface area (Å²) in [6.07, 6.45) is 1.55. The highest BCUT2D eigenvalue weighted by molar-refractivity contribution is 9.10. The van der Waals surface area contributed by atoms with E-state index in [0.29, 0.717) is 0 Å². The third-order valence-corrected chi connectivity index (χ3v) is 4.81.